The Bertz CT molecular complexity index is 780. The number of hydrogen-bond donors (Lipinski definition) is 3. The molecule has 3 N–H and O–H groups in total. The summed E-state index contributed by atoms with van der Waals surface area (Å²) in [6.45, 7) is 3.48. The number of aromatic amines is 1. The summed E-state index contributed by atoms with van der Waals surface area (Å²) in [7, 11) is -3.79. The molecular weight excluding hydrogens is 294 g/mol. The van der Waals surface area contributed by atoms with Crippen molar-refractivity contribution in [1.29, 1.82) is 0 Å². The third-order valence-corrected chi connectivity index (χ3v) is 4.65. The minimum absolute atomic E-state index is 0.0384. The highest BCUT2D eigenvalue weighted by atomic mass is 32.2. The van der Waals surface area contributed by atoms with E-state index in [0.717, 1.165) is 17.3 Å². The fourth-order valence-electron chi connectivity index (χ4n) is 1.83. The number of carbonyl (C=O) groups is 1. The minimum atomic E-state index is -3.79. The van der Waals surface area contributed by atoms with Crippen LogP contribution in [-0.2, 0) is 16.6 Å². The zero-order valence-corrected chi connectivity index (χ0v) is 12.4. The van der Waals surface area contributed by atoms with E-state index in [4.69, 9.17) is 5.11 Å². The van der Waals surface area contributed by atoms with Gasteiger partial charge in [-0.1, -0.05) is 6.07 Å². The van der Waals surface area contributed by atoms with Crippen LogP contribution in [0.15, 0.2) is 29.3 Å². The Labute approximate surface area is 122 Å². The minimum Gasteiger partial charge on any atom is -0.478 e. The Morgan fingerprint density at radius 1 is 1.38 bits per heavy atom. The van der Waals surface area contributed by atoms with Gasteiger partial charge in [-0.25, -0.2) is 17.9 Å². The van der Waals surface area contributed by atoms with Crippen molar-refractivity contribution in [3.05, 3.63) is 46.8 Å². The molecular formula is C13H15N3O4S. The first kappa shape index (κ1) is 15.2. The molecule has 112 valence electrons. The van der Waals surface area contributed by atoms with Crippen LogP contribution in [0.2, 0.25) is 0 Å². The summed E-state index contributed by atoms with van der Waals surface area (Å²) in [5.41, 5.74) is 1.91. The molecule has 0 fully saturated rings. The molecule has 0 amide bonds. The number of carboxylic acids is 1. The Morgan fingerprint density at radius 2 is 2.10 bits per heavy atom. The van der Waals surface area contributed by atoms with Gasteiger partial charge in [0.15, 0.2) is 0 Å². The third-order valence-electron chi connectivity index (χ3n) is 3.11. The Balaban J connectivity index is 2.29. The van der Waals surface area contributed by atoms with Crippen molar-refractivity contribution < 1.29 is 18.3 Å². The van der Waals surface area contributed by atoms with E-state index in [0.29, 0.717) is 5.56 Å². The van der Waals surface area contributed by atoms with Crippen LogP contribution in [0, 0.1) is 13.8 Å². The van der Waals surface area contributed by atoms with E-state index in [-0.39, 0.29) is 17.0 Å². The molecule has 2 rings (SSSR count). The van der Waals surface area contributed by atoms with Crippen LogP contribution in [0.4, 0.5) is 0 Å². The summed E-state index contributed by atoms with van der Waals surface area (Å²) in [5, 5.41) is 15.5. The van der Waals surface area contributed by atoms with E-state index in [9.17, 15) is 13.2 Å². The lowest BCUT2D eigenvalue weighted by Crippen LogP contribution is -2.24. The van der Waals surface area contributed by atoms with Crippen LogP contribution in [0.25, 0.3) is 0 Å². The van der Waals surface area contributed by atoms with Crippen molar-refractivity contribution in [2.24, 2.45) is 0 Å². The molecule has 8 heteroatoms. The van der Waals surface area contributed by atoms with Crippen molar-refractivity contribution in [2.45, 2.75) is 25.3 Å². The summed E-state index contributed by atoms with van der Waals surface area (Å²) in [5.74, 6) is -1.17. The second-order valence-corrected chi connectivity index (χ2v) is 6.37. The van der Waals surface area contributed by atoms with Gasteiger partial charge in [0.1, 0.15) is 0 Å². The van der Waals surface area contributed by atoms with Crippen LogP contribution in [-0.4, -0.2) is 29.7 Å². The number of sulfonamides is 1. The number of nitrogens with one attached hydrogen (secondary N) is 2. The maximum Gasteiger partial charge on any atom is 0.335 e. The number of aromatic nitrogens is 2. The number of aromatic carboxylic acids is 1. The van der Waals surface area contributed by atoms with Gasteiger partial charge < -0.3 is 5.11 Å². The first-order chi connectivity index (χ1) is 9.81. The van der Waals surface area contributed by atoms with Crippen LogP contribution in [0.3, 0.4) is 0 Å². The molecule has 7 nitrogen and oxygen atoms in total. The Hall–Kier alpha value is -2.19. The smallest absolute Gasteiger partial charge is 0.335 e. The molecule has 0 aliphatic rings. The molecule has 0 aliphatic heterocycles. The highest BCUT2D eigenvalue weighted by molar-refractivity contribution is 7.89. The Morgan fingerprint density at radius 3 is 2.67 bits per heavy atom. The first-order valence-corrected chi connectivity index (χ1v) is 7.62. The lowest BCUT2D eigenvalue weighted by atomic mass is 10.1. The number of carboxylic acid groups (broad SMARTS) is 1. The van der Waals surface area contributed by atoms with Crippen molar-refractivity contribution >= 4 is 16.0 Å². The summed E-state index contributed by atoms with van der Waals surface area (Å²) in [4.78, 5) is 10.9. The Kier molecular flexibility index (Phi) is 4.10. The van der Waals surface area contributed by atoms with Gasteiger partial charge in [0.2, 0.25) is 10.0 Å². The lowest BCUT2D eigenvalue weighted by Gasteiger charge is -2.10. The lowest BCUT2D eigenvalue weighted by molar-refractivity contribution is 0.0696. The molecule has 0 radical (unpaired) electrons. The maximum absolute atomic E-state index is 12.3. The number of nitrogens with zero attached hydrogens (tertiary/aromatic N) is 1. The van der Waals surface area contributed by atoms with Gasteiger partial charge in [-0.3, -0.25) is 5.10 Å². The van der Waals surface area contributed by atoms with Gasteiger partial charge in [0, 0.05) is 17.8 Å². The van der Waals surface area contributed by atoms with E-state index >= 15 is 0 Å². The van der Waals surface area contributed by atoms with E-state index in [1.54, 1.807) is 20.0 Å². The standard InChI is InChI=1S/C13H15N3O4S/c1-8-3-4-10(13(17)18)5-12(8)21(19,20)15-7-11-6-14-16-9(11)2/h3-6,15H,7H2,1-2H3,(H,14,16)(H,17,18). The van der Waals surface area contributed by atoms with E-state index in [1.807, 2.05) is 0 Å². The topological polar surface area (TPSA) is 112 Å². The summed E-state index contributed by atoms with van der Waals surface area (Å²) in [6.07, 6.45) is 1.54. The molecule has 0 aliphatic carbocycles. The fourth-order valence-corrected chi connectivity index (χ4v) is 3.10. The zero-order chi connectivity index (χ0) is 15.6. The van der Waals surface area contributed by atoms with Crippen molar-refractivity contribution in [2.75, 3.05) is 0 Å². The first-order valence-electron chi connectivity index (χ1n) is 6.13. The van der Waals surface area contributed by atoms with Crippen LogP contribution >= 0.6 is 0 Å². The average molecular weight is 309 g/mol. The van der Waals surface area contributed by atoms with Gasteiger partial charge in [0.05, 0.1) is 16.7 Å². The molecule has 0 saturated heterocycles. The highest BCUT2D eigenvalue weighted by Crippen LogP contribution is 2.17. The number of benzene rings is 1. The van der Waals surface area contributed by atoms with Crippen molar-refractivity contribution in [1.82, 2.24) is 14.9 Å². The maximum atomic E-state index is 12.3. The summed E-state index contributed by atoms with van der Waals surface area (Å²) >= 11 is 0. The highest BCUT2D eigenvalue weighted by Gasteiger charge is 2.19. The van der Waals surface area contributed by atoms with Crippen molar-refractivity contribution in [3.8, 4) is 0 Å². The average Bonchev–Trinajstić information content (AvgIpc) is 2.82. The van der Waals surface area contributed by atoms with E-state index in [2.05, 4.69) is 14.9 Å². The van der Waals surface area contributed by atoms with Crippen molar-refractivity contribution in [3.63, 3.8) is 0 Å². The molecule has 1 aromatic carbocycles. The molecule has 0 atom stereocenters. The van der Waals surface area contributed by atoms with Crippen LogP contribution in [0.1, 0.15) is 27.2 Å². The molecule has 0 spiro atoms. The molecule has 0 unspecified atom stereocenters. The third kappa shape index (κ3) is 3.29. The van der Waals surface area contributed by atoms with Gasteiger partial charge in [-0.2, -0.15) is 5.10 Å². The van der Waals surface area contributed by atoms with Crippen LogP contribution in [0.5, 0.6) is 0 Å². The summed E-state index contributed by atoms with van der Waals surface area (Å²) < 4.78 is 27.0. The molecule has 1 heterocycles. The number of hydrogen-bond acceptors (Lipinski definition) is 4. The quantitative estimate of drug-likeness (QED) is 0.768. The molecule has 0 bridgehead atoms. The number of rotatable bonds is 5. The van der Waals surface area contributed by atoms with Gasteiger partial charge in [-0.05, 0) is 31.5 Å². The second kappa shape index (κ2) is 5.66. The predicted octanol–water partition coefficient (Wildman–Crippen LogP) is 1.20. The molecule has 21 heavy (non-hydrogen) atoms. The van der Waals surface area contributed by atoms with Gasteiger partial charge in [-0.15, -0.1) is 0 Å². The normalized spacial score (nSPS) is 11.5. The largest absolute Gasteiger partial charge is 0.478 e. The van der Waals surface area contributed by atoms with Gasteiger partial charge in [0.25, 0.3) is 0 Å². The molecule has 1 aromatic heterocycles. The SMILES string of the molecule is Cc1ccc(C(=O)O)cc1S(=O)(=O)NCc1cn[nH]c1C. The van der Waals surface area contributed by atoms with Gasteiger partial charge >= 0.3 is 5.97 Å². The molecule has 2 aromatic rings. The van der Waals surface area contributed by atoms with E-state index in [1.165, 1.54) is 12.1 Å². The number of aryl methyl sites for hydroxylation is 2. The fraction of sp³-hybridized carbons (Fsp3) is 0.231. The van der Waals surface area contributed by atoms with Crippen LogP contribution < -0.4 is 4.72 Å². The molecule has 0 saturated carbocycles. The predicted molar refractivity (Wildman–Crippen MR) is 75.5 cm³/mol. The number of H-pyrrole nitrogens is 1. The monoisotopic (exact) mass is 309 g/mol. The summed E-state index contributed by atoms with van der Waals surface area (Å²) in [6, 6.07) is 4.00. The second-order valence-electron chi connectivity index (χ2n) is 4.63. The zero-order valence-electron chi connectivity index (χ0n) is 11.5. The van der Waals surface area contributed by atoms with E-state index < -0.39 is 16.0 Å².